The number of aromatic nitrogens is 4. The number of allylic oxidation sites excluding steroid dienone is 3. The zero-order chi connectivity index (χ0) is 47.2. The van der Waals surface area contributed by atoms with Crippen LogP contribution >= 0.6 is 0 Å². The number of rotatable bonds is 5. The predicted octanol–water partition coefficient (Wildman–Crippen LogP) is 17.5. The van der Waals surface area contributed by atoms with Crippen LogP contribution in [0.4, 0.5) is 0 Å². The Morgan fingerprint density at radius 2 is 1.03 bits per heavy atom. The fourth-order valence-electron chi connectivity index (χ4n) is 10.7. The number of benzene rings is 9. The van der Waals surface area contributed by atoms with Gasteiger partial charge in [0.2, 0.25) is 5.95 Å². The van der Waals surface area contributed by atoms with Crippen LogP contribution < -0.4 is 0 Å². The van der Waals surface area contributed by atoms with Gasteiger partial charge in [0, 0.05) is 60.0 Å². The molecule has 0 spiro atoms. The molecule has 336 valence electrons. The zero-order valence-corrected chi connectivity index (χ0v) is 38.9. The third kappa shape index (κ3) is 6.47. The van der Waals surface area contributed by atoms with E-state index < -0.39 is 0 Å². The maximum Gasteiger partial charge on any atom is 0.238 e. The Labute approximate surface area is 407 Å². The van der Waals surface area contributed by atoms with Gasteiger partial charge in [-0.1, -0.05) is 153 Å². The molecule has 0 saturated carbocycles. The van der Waals surface area contributed by atoms with Crippen molar-refractivity contribution in [3.05, 3.63) is 212 Å². The lowest BCUT2D eigenvalue weighted by Gasteiger charge is -2.14. The van der Waals surface area contributed by atoms with Crippen LogP contribution in [0.2, 0.25) is 0 Å². The highest BCUT2D eigenvalue weighted by atomic mass is 16.3. The Bertz CT molecular complexity index is 4410. The second-order valence-electron chi connectivity index (χ2n) is 17.8. The smallest absolute Gasteiger partial charge is 0.238 e. The molecule has 0 N–H and O–H groups in total. The van der Waals surface area contributed by atoms with Crippen LogP contribution in [-0.4, -0.2) is 19.5 Å². The molecule has 7 heteroatoms. The lowest BCUT2D eigenvalue weighted by atomic mass is 9.96. The van der Waals surface area contributed by atoms with E-state index in [-0.39, 0.29) is 0 Å². The minimum atomic E-state index is 0.498. The highest BCUT2D eigenvalue weighted by molar-refractivity contribution is 6.23. The minimum Gasteiger partial charge on any atom is -0.456 e. The molecule has 71 heavy (non-hydrogen) atoms. The average molecular weight is 915 g/mol. The van der Waals surface area contributed by atoms with Gasteiger partial charge in [-0.3, -0.25) is 4.57 Å². The van der Waals surface area contributed by atoms with Crippen LogP contribution in [0.1, 0.15) is 25.2 Å². The molecule has 0 bridgehead atoms. The lowest BCUT2D eigenvalue weighted by Crippen LogP contribution is -2.07. The van der Waals surface area contributed by atoms with Crippen molar-refractivity contribution >= 4 is 93.5 Å². The Hall–Kier alpha value is -9.33. The summed E-state index contributed by atoms with van der Waals surface area (Å²) in [6.07, 6.45) is 9.19. The zero-order valence-electron chi connectivity index (χ0n) is 38.9. The molecule has 14 aromatic rings. The van der Waals surface area contributed by atoms with Crippen LogP contribution in [0.15, 0.2) is 213 Å². The quantitative estimate of drug-likeness (QED) is 0.171. The molecule has 0 atom stereocenters. The summed E-state index contributed by atoms with van der Waals surface area (Å²) in [5, 5.41) is 9.88. The predicted molar refractivity (Wildman–Crippen MR) is 291 cm³/mol. The molecule has 0 aliphatic heterocycles. The molecule has 5 aromatic heterocycles. The van der Waals surface area contributed by atoms with Gasteiger partial charge in [0.1, 0.15) is 33.7 Å². The highest BCUT2D eigenvalue weighted by Gasteiger charge is 2.23. The lowest BCUT2D eigenvalue weighted by molar-refractivity contribution is 0.600. The van der Waals surface area contributed by atoms with Crippen LogP contribution in [0.5, 0.6) is 0 Å². The first-order valence-electron chi connectivity index (χ1n) is 24.2. The first-order chi connectivity index (χ1) is 35.2. The molecule has 1 aliphatic rings. The molecular weight excluding hydrogens is 873 g/mol. The summed E-state index contributed by atoms with van der Waals surface area (Å²) in [4.78, 5) is 16.1. The van der Waals surface area contributed by atoms with Gasteiger partial charge in [0.15, 0.2) is 11.6 Å². The maximum atomic E-state index is 6.42. The molecule has 9 aromatic carbocycles. The number of furan rings is 3. The van der Waals surface area contributed by atoms with Gasteiger partial charge in [-0.15, -0.1) is 0 Å². The van der Waals surface area contributed by atoms with Crippen molar-refractivity contribution in [1.82, 2.24) is 19.5 Å². The van der Waals surface area contributed by atoms with E-state index in [2.05, 4.69) is 156 Å². The third-order valence-electron chi connectivity index (χ3n) is 13.9. The number of fused-ring (bicyclic) bond motifs is 14. The molecule has 0 radical (unpaired) electrons. The van der Waals surface area contributed by atoms with Gasteiger partial charge < -0.3 is 13.3 Å². The molecule has 0 unspecified atom stereocenters. The van der Waals surface area contributed by atoms with Crippen molar-refractivity contribution in [2.45, 2.75) is 20.3 Å². The van der Waals surface area contributed by atoms with Crippen LogP contribution in [-0.2, 0) is 6.42 Å². The molecule has 7 nitrogen and oxygen atoms in total. The first kappa shape index (κ1) is 40.7. The summed E-state index contributed by atoms with van der Waals surface area (Å²) >= 11 is 0. The third-order valence-corrected chi connectivity index (χ3v) is 13.9. The van der Waals surface area contributed by atoms with Gasteiger partial charge in [-0.2, -0.15) is 9.97 Å². The van der Waals surface area contributed by atoms with Crippen molar-refractivity contribution in [3.63, 3.8) is 0 Å². The van der Waals surface area contributed by atoms with Crippen molar-refractivity contribution in [3.8, 4) is 51.0 Å². The van der Waals surface area contributed by atoms with Gasteiger partial charge in [-0.05, 0) is 101 Å². The number of hydrogen-bond donors (Lipinski definition) is 0. The van der Waals surface area contributed by atoms with Gasteiger partial charge in [-0.25, -0.2) is 4.98 Å². The Morgan fingerprint density at radius 1 is 0.423 bits per heavy atom. The molecule has 15 rings (SSSR count). The molecule has 5 heterocycles. The first-order valence-corrected chi connectivity index (χ1v) is 24.2. The number of para-hydroxylation sites is 3. The van der Waals surface area contributed by atoms with Crippen LogP contribution in [0, 0.1) is 0 Å². The van der Waals surface area contributed by atoms with Gasteiger partial charge in [0.25, 0.3) is 0 Å². The SMILES string of the molecule is C1=CCc2c(oc3ccc(-c4cccc(-c5cccc6c7c8ccccc8ccc7n(-c7nc(-c8ccc9c(c8)oc8ccccc89)nc(-c8ccc9c(c8)oc8ccccc89)n7)c56)c4)cc23)C=C1.CC. The average Bonchev–Trinajstić information content (AvgIpc) is 4.15. The van der Waals surface area contributed by atoms with E-state index in [1.165, 1.54) is 5.56 Å². The van der Waals surface area contributed by atoms with E-state index in [1.807, 2.05) is 68.5 Å². The maximum absolute atomic E-state index is 6.42. The molecule has 0 amide bonds. The van der Waals surface area contributed by atoms with Crippen molar-refractivity contribution in [1.29, 1.82) is 0 Å². The summed E-state index contributed by atoms with van der Waals surface area (Å²) in [7, 11) is 0. The van der Waals surface area contributed by atoms with Crippen LogP contribution in [0.25, 0.3) is 144 Å². The monoisotopic (exact) mass is 914 g/mol. The van der Waals surface area contributed by atoms with E-state index in [0.717, 1.165) is 133 Å². The van der Waals surface area contributed by atoms with Crippen molar-refractivity contribution in [2.75, 3.05) is 0 Å². The number of nitrogens with zero attached hydrogens (tertiary/aromatic N) is 4. The second kappa shape index (κ2) is 16.1. The Kier molecular flexibility index (Phi) is 9.26. The topological polar surface area (TPSA) is 83.0 Å². The molecule has 0 saturated heterocycles. The van der Waals surface area contributed by atoms with Crippen molar-refractivity contribution in [2.24, 2.45) is 0 Å². The summed E-state index contributed by atoms with van der Waals surface area (Å²) in [5.41, 5.74) is 13.3. The normalized spacial score (nSPS) is 12.5. The van der Waals surface area contributed by atoms with Crippen LogP contribution in [0.3, 0.4) is 0 Å². The summed E-state index contributed by atoms with van der Waals surface area (Å²) < 4.78 is 21.4. The van der Waals surface area contributed by atoms with E-state index >= 15 is 0 Å². The highest BCUT2D eigenvalue weighted by Crippen LogP contribution is 2.43. The summed E-state index contributed by atoms with van der Waals surface area (Å²) in [6.45, 7) is 4.00. The number of hydrogen-bond acceptors (Lipinski definition) is 6. The van der Waals surface area contributed by atoms with E-state index in [1.54, 1.807) is 0 Å². The molecule has 0 fully saturated rings. The van der Waals surface area contributed by atoms with E-state index in [9.17, 15) is 0 Å². The minimum absolute atomic E-state index is 0.498. The summed E-state index contributed by atoms with van der Waals surface area (Å²) in [6, 6.07) is 63.7. The van der Waals surface area contributed by atoms with Gasteiger partial charge in [0.05, 0.1) is 11.0 Å². The summed E-state index contributed by atoms with van der Waals surface area (Å²) in [5.74, 6) is 2.46. The van der Waals surface area contributed by atoms with Crippen molar-refractivity contribution < 1.29 is 13.3 Å². The Morgan fingerprint density at radius 3 is 1.77 bits per heavy atom. The standard InChI is InChI=1S/C62H36N4O3.C2H6/c1-2-16-46-50-33-38(27-31-55(50)67-54(46)21-3-1)37-13-10-14-39(32-37)43-19-11-20-49-58-42-15-5-4-12-36(42)26-30-51(58)66(59(43)49)62-64-60(40-24-28-47-44-17-6-8-22-52(44)68-56(47)34-40)63-61(65-62)41-25-29-48-45-18-7-9-23-53(45)69-57(48)35-41;1-2/h1-15,17-35H,16H2;1-2H3. The fourth-order valence-corrected chi connectivity index (χ4v) is 10.7. The fraction of sp³-hybridized carbons (Fsp3) is 0.0469. The molecule has 1 aliphatic carbocycles. The van der Waals surface area contributed by atoms with E-state index in [4.69, 9.17) is 28.2 Å². The Balaban J connectivity index is 0.00000232. The second-order valence-corrected chi connectivity index (χ2v) is 17.8. The molecular formula is C64H42N4O3. The van der Waals surface area contributed by atoms with E-state index in [0.29, 0.717) is 17.6 Å². The largest absolute Gasteiger partial charge is 0.456 e. The van der Waals surface area contributed by atoms with Gasteiger partial charge >= 0.3 is 0 Å².